The van der Waals surface area contributed by atoms with Crippen LogP contribution in [0.1, 0.15) is 11.1 Å². The van der Waals surface area contributed by atoms with Crippen molar-refractivity contribution >= 4 is 40.6 Å². The number of rotatable bonds is 2. The van der Waals surface area contributed by atoms with Crippen LogP contribution in [0, 0.1) is 0 Å². The smallest absolute Gasteiger partial charge is 0.308 e. The van der Waals surface area contributed by atoms with Crippen molar-refractivity contribution in [2.45, 2.75) is 12.4 Å². The molecule has 0 saturated carbocycles. The molecule has 0 fully saturated rings. The van der Waals surface area contributed by atoms with Gasteiger partial charge >= 0.3 is 18.4 Å². The minimum Gasteiger partial charge on any atom is -0.308 e. The van der Waals surface area contributed by atoms with Crippen molar-refractivity contribution in [2.75, 3.05) is 10.6 Å². The summed E-state index contributed by atoms with van der Waals surface area (Å²) in [5.41, 5.74) is -2.53. The highest BCUT2D eigenvalue weighted by atomic mass is 35.5. The van der Waals surface area contributed by atoms with Gasteiger partial charge in [0.1, 0.15) is 0 Å². The number of benzene rings is 2. The summed E-state index contributed by atoms with van der Waals surface area (Å²) >= 11 is 11.1. The van der Waals surface area contributed by atoms with Crippen LogP contribution in [0.5, 0.6) is 0 Å². The third kappa shape index (κ3) is 4.95. The highest BCUT2D eigenvalue weighted by Crippen LogP contribution is 2.36. The zero-order valence-electron chi connectivity index (χ0n) is 12.4. The van der Waals surface area contributed by atoms with Gasteiger partial charge in [-0.25, -0.2) is 4.79 Å². The lowest BCUT2D eigenvalue weighted by molar-refractivity contribution is -0.138. The van der Waals surface area contributed by atoms with E-state index >= 15 is 0 Å². The topological polar surface area (TPSA) is 41.1 Å². The maximum atomic E-state index is 12.8. The Bertz CT molecular complexity index is 836. The fourth-order valence-corrected chi connectivity index (χ4v) is 2.35. The number of hydrogen-bond acceptors (Lipinski definition) is 1. The fourth-order valence-electron chi connectivity index (χ4n) is 1.90. The molecular formula is C15H8Cl2F6N2O. The van der Waals surface area contributed by atoms with E-state index in [4.69, 9.17) is 23.2 Å². The molecule has 2 aromatic rings. The highest BCUT2D eigenvalue weighted by Gasteiger charge is 2.33. The van der Waals surface area contributed by atoms with Crippen LogP contribution < -0.4 is 10.6 Å². The Morgan fingerprint density at radius 3 is 2.00 bits per heavy atom. The average molecular weight is 417 g/mol. The Hall–Kier alpha value is -2.13. The van der Waals surface area contributed by atoms with E-state index in [1.807, 2.05) is 0 Å². The number of urea groups is 1. The maximum absolute atomic E-state index is 12.8. The molecule has 0 aliphatic rings. The molecule has 0 aromatic heterocycles. The van der Waals surface area contributed by atoms with E-state index < -0.39 is 34.5 Å². The summed E-state index contributed by atoms with van der Waals surface area (Å²) in [6.45, 7) is 0. The summed E-state index contributed by atoms with van der Waals surface area (Å²) in [5.74, 6) is 0. The number of halogens is 8. The van der Waals surface area contributed by atoms with Gasteiger partial charge in [0.05, 0.1) is 26.9 Å². The average Bonchev–Trinajstić information content (AvgIpc) is 2.49. The minimum atomic E-state index is -4.72. The second-order valence-electron chi connectivity index (χ2n) is 4.96. The van der Waals surface area contributed by atoms with E-state index in [1.54, 1.807) is 0 Å². The van der Waals surface area contributed by atoms with E-state index in [0.717, 1.165) is 18.2 Å². The van der Waals surface area contributed by atoms with Gasteiger partial charge in [0.2, 0.25) is 0 Å². The van der Waals surface area contributed by atoms with Crippen molar-refractivity contribution in [3.63, 3.8) is 0 Å². The summed E-state index contributed by atoms with van der Waals surface area (Å²) in [5, 5.41) is 3.33. The quantitative estimate of drug-likeness (QED) is 0.527. The predicted molar refractivity (Wildman–Crippen MR) is 85.5 cm³/mol. The zero-order chi connectivity index (χ0) is 19.7. The van der Waals surface area contributed by atoms with Gasteiger partial charge in [-0.3, -0.25) is 0 Å². The van der Waals surface area contributed by atoms with Crippen LogP contribution in [-0.4, -0.2) is 6.03 Å². The van der Waals surface area contributed by atoms with Crippen LogP contribution in [0.25, 0.3) is 0 Å². The molecule has 140 valence electrons. The van der Waals surface area contributed by atoms with Gasteiger partial charge < -0.3 is 10.6 Å². The summed E-state index contributed by atoms with van der Waals surface area (Å²) in [4.78, 5) is 11.8. The number of carbonyl (C=O) groups is 1. The Labute approximate surface area is 152 Å². The summed E-state index contributed by atoms with van der Waals surface area (Å²) in [6, 6.07) is 3.94. The highest BCUT2D eigenvalue weighted by molar-refractivity contribution is 6.34. The van der Waals surface area contributed by atoms with Gasteiger partial charge in [0, 0.05) is 5.69 Å². The molecule has 0 atom stereocenters. The number of carbonyl (C=O) groups excluding carboxylic acids is 1. The minimum absolute atomic E-state index is 0.151. The van der Waals surface area contributed by atoms with E-state index in [-0.39, 0.29) is 16.4 Å². The largest absolute Gasteiger partial charge is 0.417 e. The molecule has 0 radical (unpaired) electrons. The maximum Gasteiger partial charge on any atom is 0.417 e. The lowest BCUT2D eigenvalue weighted by atomic mass is 10.2. The molecule has 2 N–H and O–H groups in total. The van der Waals surface area contributed by atoms with Crippen LogP contribution >= 0.6 is 23.2 Å². The first-order chi connectivity index (χ1) is 11.9. The lowest BCUT2D eigenvalue weighted by Crippen LogP contribution is -2.20. The normalized spacial score (nSPS) is 12.0. The molecule has 0 aliphatic heterocycles. The molecule has 3 nitrogen and oxygen atoms in total. The molecule has 2 amide bonds. The van der Waals surface area contributed by atoms with Crippen molar-refractivity contribution in [3.8, 4) is 0 Å². The van der Waals surface area contributed by atoms with Gasteiger partial charge in [-0.2, -0.15) is 26.3 Å². The molecule has 11 heteroatoms. The standard InChI is InChI=1S/C15H8Cl2F6N2O/c16-10-3-2-8(6-9(10)15(21,22)23)24-13(26)25-12-4-1-7(5-11(12)17)14(18,19)20/h1-6H,(H2,24,25,26). The van der Waals surface area contributed by atoms with Crippen LogP contribution in [0.15, 0.2) is 36.4 Å². The first kappa shape index (κ1) is 20.2. The van der Waals surface area contributed by atoms with Crippen LogP contribution in [0.3, 0.4) is 0 Å². The number of nitrogens with one attached hydrogen (secondary N) is 2. The van der Waals surface area contributed by atoms with Crippen LogP contribution in [-0.2, 0) is 12.4 Å². The summed E-state index contributed by atoms with van der Waals surface area (Å²) < 4.78 is 76.0. The van der Waals surface area contributed by atoms with E-state index in [1.165, 1.54) is 0 Å². The Morgan fingerprint density at radius 2 is 1.46 bits per heavy atom. The van der Waals surface area contributed by atoms with Crippen LogP contribution in [0.4, 0.5) is 42.5 Å². The van der Waals surface area contributed by atoms with Crippen molar-refractivity contribution in [2.24, 2.45) is 0 Å². The molecule has 2 aromatic carbocycles. The van der Waals surface area contributed by atoms with Gasteiger partial charge in [-0.1, -0.05) is 23.2 Å². The zero-order valence-corrected chi connectivity index (χ0v) is 13.9. The molecule has 0 bridgehead atoms. The first-order valence-electron chi connectivity index (χ1n) is 6.69. The van der Waals surface area contributed by atoms with Crippen molar-refractivity contribution in [1.29, 1.82) is 0 Å². The predicted octanol–water partition coefficient (Wildman–Crippen LogP) is 6.68. The number of alkyl halides is 6. The number of hydrogen-bond donors (Lipinski definition) is 2. The second-order valence-corrected chi connectivity index (χ2v) is 5.78. The molecule has 0 spiro atoms. The molecule has 0 aliphatic carbocycles. The van der Waals surface area contributed by atoms with Gasteiger partial charge in [-0.15, -0.1) is 0 Å². The first-order valence-corrected chi connectivity index (χ1v) is 7.45. The molecule has 0 heterocycles. The van der Waals surface area contributed by atoms with Gasteiger partial charge in [-0.05, 0) is 36.4 Å². The monoisotopic (exact) mass is 416 g/mol. The van der Waals surface area contributed by atoms with E-state index in [9.17, 15) is 31.1 Å². The summed E-state index contributed by atoms with van der Waals surface area (Å²) in [6.07, 6.45) is -9.33. The SMILES string of the molecule is O=C(Nc1ccc(Cl)c(C(F)(F)F)c1)Nc1ccc(C(F)(F)F)cc1Cl. The van der Waals surface area contributed by atoms with Crippen molar-refractivity contribution in [1.82, 2.24) is 0 Å². The lowest BCUT2D eigenvalue weighted by Gasteiger charge is -2.13. The van der Waals surface area contributed by atoms with Gasteiger partial charge in [0.15, 0.2) is 0 Å². The Morgan fingerprint density at radius 1 is 0.808 bits per heavy atom. The Kier molecular flexibility index (Phi) is 5.62. The fraction of sp³-hybridized carbons (Fsp3) is 0.133. The number of anilines is 2. The second kappa shape index (κ2) is 7.24. The van der Waals surface area contributed by atoms with Crippen molar-refractivity contribution < 1.29 is 31.1 Å². The molecule has 0 saturated heterocycles. The molecule has 26 heavy (non-hydrogen) atoms. The third-order valence-electron chi connectivity index (χ3n) is 3.07. The Balaban J connectivity index is 2.15. The molecule has 2 rings (SSSR count). The third-order valence-corrected chi connectivity index (χ3v) is 3.72. The van der Waals surface area contributed by atoms with Crippen LogP contribution in [0.2, 0.25) is 10.0 Å². The molecular weight excluding hydrogens is 409 g/mol. The molecule has 0 unspecified atom stereocenters. The van der Waals surface area contributed by atoms with E-state index in [0.29, 0.717) is 18.2 Å². The van der Waals surface area contributed by atoms with Crippen molar-refractivity contribution in [3.05, 3.63) is 57.6 Å². The van der Waals surface area contributed by atoms with E-state index in [2.05, 4.69) is 10.6 Å². The summed E-state index contributed by atoms with van der Waals surface area (Å²) in [7, 11) is 0. The van der Waals surface area contributed by atoms with Gasteiger partial charge in [0.25, 0.3) is 0 Å². The number of amides is 2.